The third kappa shape index (κ3) is 3.19. The molecule has 0 unspecified atom stereocenters. The van der Waals surface area contributed by atoms with Crippen LogP contribution in [0.25, 0.3) is 0 Å². The van der Waals surface area contributed by atoms with E-state index in [-0.39, 0.29) is 11.8 Å². The molecule has 0 atom stereocenters. The highest BCUT2D eigenvalue weighted by molar-refractivity contribution is 6.07. The summed E-state index contributed by atoms with van der Waals surface area (Å²) in [5.41, 5.74) is 2.45. The maximum Gasteiger partial charge on any atom is 0.236 e. The molecule has 24 heavy (non-hydrogen) atoms. The second-order valence-corrected chi connectivity index (χ2v) is 7.77. The van der Waals surface area contributed by atoms with Gasteiger partial charge in [-0.1, -0.05) is 37.8 Å². The normalized spacial score (nSPS) is 20.6. The average molecular weight is 328 g/mol. The van der Waals surface area contributed by atoms with Crippen molar-refractivity contribution >= 4 is 17.5 Å². The van der Waals surface area contributed by atoms with Gasteiger partial charge in [0.05, 0.1) is 11.8 Å². The second kappa shape index (κ2) is 6.58. The number of hydrogen-bond acceptors (Lipinski definition) is 2. The van der Waals surface area contributed by atoms with Gasteiger partial charge in [-0.15, -0.1) is 0 Å². The quantitative estimate of drug-likeness (QED) is 0.865. The van der Waals surface area contributed by atoms with Gasteiger partial charge in [-0.25, -0.2) is 0 Å². The maximum absolute atomic E-state index is 12.4. The third-order valence-corrected chi connectivity index (χ3v) is 5.52. The minimum atomic E-state index is -0.516. The van der Waals surface area contributed by atoms with Crippen LogP contribution in [0.1, 0.15) is 63.5 Å². The fourth-order valence-corrected chi connectivity index (χ4v) is 4.02. The highest BCUT2D eigenvalue weighted by Gasteiger charge is 2.42. The molecule has 1 aromatic rings. The van der Waals surface area contributed by atoms with Crippen molar-refractivity contribution < 1.29 is 9.59 Å². The van der Waals surface area contributed by atoms with Crippen LogP contribution in [-0.2, 0) is 21.4 Å². The first-order valence-electron chi connectivity index (χ1n) is 9.10. The van der Waals surface area contributed by atoms with Crippen LogP contribution in [0.4, 0.5) is 5.69 Å². The van der Waals surface area contributed by atoms with Crippen LogP contribution in [0.3, 0.4) is 0 Å². The lowest BCUT2D eigenvalue weighted by Crippen LogP contribution is -2.35. The maximum atomic E-state index is 12.4. The summed E-state index contributed by atoms with van der Waals surface area (Å²) in [4.78, 5) is 26.5. The molecule has 0 spiro atoms. The molecule has 130 valence electrons. The monoisotopic (exact) mass is 328 g/mol. The van der Waals surface area contributed by atoms with Gasteiger partial charge in [-0.05, 0) is 43.9 Å². The van der Waals surface area contributed by atoms with Crippen LogP contribution in [0.5, 0.6) is 0 Å². The lowest BCUT2D eigenvalue weighted by Gasteiger charge is -2.18. The van der Waals surface area contributed by atoms with E-state index in [0.717, 1.165) is 29.7 Å². The van der Waals surface area contributed by atoms with Crippen molar-refractivity contribution in [2.75, 3.05) is 11.9 Å². The van der Waals surface area contributed by atoms with Crippen LogP contribution in [0.2, 0.25) is 0 Å². The number of benzene rings is 1. The minimum absolute atomic E-state index is 0.0948. The Bertz CT molecular complexity index is 643. The number of carbonyl (C=O) groups is 2. The third-order valence-electron chi connectivity index (χ3n) is 5.52. The number of nitrogens with zero attached hydrogens (tertiary/aromatic N) is 1. The van der Waals surface area contributed by atoms with Crippen LogP contribution in [-0.4, -0.2) is 24.9 Å². The van der Waals surface area contributed by atoms with Crippen molar-refractivity contribution in [1.82, 2.24) is 5.32 Å². The topological polar surface area (TPSA) is 49.4 Å². The molecule has 1 fully saturated rings. The van der Waals surface area contributed by atoms with Gasteiger partial charge in [0, 0.05) is 18.8 Å². The smallest absolute Gasteiger partial charge is 0.236 e. The molecule has 2 aliphatic rings. The number of carbonyl (C=O) groups excluding carboxylic acids is 2. The van der Waals surface area contributed by atoms with Crippen molar-refractivity contribution in [1.29, 1.82) is 0 Å². The average Bonchev–Trinajstić information content (AvgIpc) is 2.75. The van der Waals surface area contributed by atoms with Crippen molar-refractivity contribution in [3.63, 3.8) is 0 Å². The molecule has 1 N–H and O–H groups in total. The first kappa shape index (κ1) is 17.0. The zero-order valence-corrected chi connectivity index (χ0v) is 15.0. The summed E-state index contributed by atoms with van der Waals surface area (Å²) in [5, 5.41) is 3.20. The minimum Gasteiger partial charge on any atom is -0.353 e. The molecule has 0 bridgehead atoms. The summed E-state index contributed by atoms with van der Waals surface area (Å²) in [6, 6.07) is 6.30. The fraction of sp³-hybridized carbons (Fsp3) is 0.600. The number of hydrogen-bond donors (Lipinski definition) is 1. The molecule has 0 radical (unpaired) electrons. The zero-order valence-electron chi connectivity index (χ0n) is 15.0. The first-order chi connectivity index (χ1) is 11.4. The summed E-state index contributed by atoms with van der Waals surface area (Å²) >= 11 is 0. The molecular weight excluding hydrogens is 300 g/mol. The standard InChI is InChI=1S/C20H28N2O2/c1-20(2)16-12-14(10-11-17(16)22(3)19(20)24)13-18(23)21-15-8-6-4-5-7-9-15/h10-12,15H,4-9,13H2,1-3H3,(H,21,23). The van der Waals surface area contributed by atoms with Gasteiger partial charge in [-0.2, -0.15) is 0 Å². The summed E-state index contributed by atoms with van der Waals surface area (Å²) in [5.74, 6) is 0.204. The van der Waals surface area contributed by atoms with E-state index in [1.54, 1.807) is 4.90 Å². The van der Waals surface area contributed by atoms with Gasteiger partial charge in [0.1, 0.15) is 0 Å². The molecule has 1 heterocycles. The molecule has 1 aromatic carbocycles. The van der Waals surface area contributed by atoms with Crippen molar-refractivity contribution in [2.24, 2.45) is 0 Å². The number of fused-ring (bicyclic) bond motifs is 1. The van der Waals surface area contributed by atoms with Crippen LogP contribution in [0, 0.1) is 0 Å². The van der Waals surface area contributed by atoms with Gasteiger partial charge < -0.3 is 10.2 Å². The van der Waals surface area contributed by atoms with Gasteiger partial charge in [-0.3, -0.25) is 9.59 Å². The van der Waals surface area contributed by atoms with E-state index in [0.29, 0.717) is 12.5 Å². The largest absolute Gasteiger partial charge is 0.353 e. The molecule has 4 nitrogen and oxygen atoms in total. The fourth-order valence-electron chi connectivity index (χ4n) is 4.02. The Morgan fingerprint density at radius 3 is 2.54 bits per heavy atom. The number of likely N-dealkylation sites (N-methyl/N-ethyl adjacent to an activating group) is 1. The Kier molecular flexibility index (Phi) is 4.66. The molecule has 0 aromatic heterocycles. The Morgan fingerprint density at radius 1 is 1.21 bits per heavy atom. The number of nitrogens with one attached hydrogen (secondary N) is 1. The van der Waals surface area contributed by atoms with E-state index in [1.165, 1.54) is 25.7 Å². The predicted octanol–water partition coefficient (Wildman–Crippen LogP) is 3.32. The number of amides is 2. The summed E-state index contributed by atoms with van der Waals surface area (Å²) in [7, 11) is 1.81. The van der Waals surface area contributed by atoms with Crippen molar-refractivity contribution in [2.45, 2.75) is 70.3 Å². The number of rotatable bonds is 3. The Hall–Kier alpha value is -1.84. The van der Waals surface area contributed by atoms with Crippen LogP contribution in [0.15, 0.2) is 18.2 Å². The lowest BCUT2D eigenvalue weighted by atomic mass is 9.85. The van der Waals surface area contributed by atoms with E-state index in [4.69, 9.17) is 0 Å². The Labute approximate surface area is 144 Å². The van der Waals surface area contributed by atoms with E-state index in [2.05, 4.69) is 5.32 Å². The van der Waals surface area contributed by atoms with Crippen LogP contribution < -0.4 is 10.2 Å². The van der Waals surface area contributed by atoms with Gasteiger partial charge in [0.25, 0.3) is 0 Å². The Balaban J connectivity index is 1.69. The SMILES string of the molecule is CN1C(=O)C(C)(C)c2cc(CC(=O)NC3CCCCCC3)ccc21. The summed E-state index contributed by atoms with van der Waals surface area (Å²) < 4.78 is 0. The van der Waals surface area contributed by atoms with Crippen molar-refractivity contribution in [3.8, 4) is 0 Å². The van der Waals surface area contributed by atoms with E-state index >= 15 is 0 Å². The summed E-state index contributed by atoms with van der Waals surface area (Å²) in [6.45, 7) is 3.90. The molecule has 3 rings (SSSR count). The lowest BCUT2D eigenvalue weighted by molar-refractivity contribution is -0.122. The second-order valence-electron chi connectivity index (χ2n) is 7.77. The number of anilines is 1. The predicted molar refractivity (Wildman–Crippen MR) is 96.2 cm³/mol. The van der Waals surface area contributed by atoms with Crippen molar-refractivity contribution in [3.05, 3.63) is 29.3 Å². The first-order valence-corrected chi connectivity index (χ1v) is 9.10. The molecule has 2 amide bonds. The van der Waals surface area contributed by atoms with Gasteiger partial charge in [0.15, 0.2) is 0 Å². The highest BCUT2D eigenvalue weighted by Crippen LogP contribution is 2.41. The van der Waals surface area contributed by atoms with E-state index in [9.17, 15) is 9.59 Å². The Morgan fingerprint density at radius 2 is 1.88 bits per heavy atom. The molecule has 1 aliphatic heterocycles. The van der Waals surface area contributed by atoms with Gasteiger partial charge >= 0.3 is 0 Å². The van der Waals surface area contributed by atoms with E-state index in [1.807, 2.05) is 39.1 Å². The van der Waals surface area contributed by atoms with Gasteiger partial charge in [0.2, 0.25) is 11.8 Å². The molecule has 4 heteroatoms. The highest BCUT2D eigenvalue weighted by atomic mass is 16.2. The van der Waals surface area contributed by atoms with E-state index < -0.39 is 5.41 Å². The molecule has 1 saturated carbocycles. The molecular formula is C20H28N2O2. The summed E-state index contributed by atoms with van der Waals surface area (Å²) in [6.07, 6.45) is 7.59. The molecule has 1 aliphatic carbocycles. The zero-order chi connectivity index (χ0) is 17.3. The van der Waals surface area contributed by atoms with Crippen LogP contribution >= 0.6 is 0 Å². The molecule has 0 saturated heterocycles.